The van der Waals surface area contributed by atoms with Crippen molar-refractivity contribution < 1.29 is 4.74 Å². The molecule has 0 aromatic rings. The topological polar surface area (TPSA) is 21.3 Å². The summed E-state index contributed by atoms with van der Waals surface area (Å²) in [6.45, 7) is 3.32. The number of nitrogens with one attached hydrogen (secondary N) is 1. The van der Waals surface area contributed by atoms with Crippen LogP contribution in [0.25, 0.3) is 0 Å². The molecule has 1 unspecified atom stereocenters. The maximum Gasteiger partial charge on any atom is 0.0713 e. The minimum Gasteiger partial charge on any atom is -0.375 e. The van der Waals surface area contributed by atoms with E-state index in [9.17, 15) is 0 Å². The van der Waals surface area contributed by atoms with Crippen molar-refractivity contribution in [2.45, 2.75) is 75.5 Å². The number of hydrogen-bond acceptors (Lipinski definition) is 3. The molecule has 3 aliphatic rings. The van der Waals surface area contributed by atoms with Gasteiger partial charge in [-0.2, -0.15) is 11.8 Å². The molecule has 3 heteroatoms. The second-order valence-electron chi connectivity index (χ2n) is 6.47. The molecule has 0 amide bonds. The van der Waals surface area contributed by atoms with E-state index in [1.807, 2.05) is 0 Å². The molecule has 1 aliphatic carbocycles. The molecule has 1 spiro atoms. The highest BCUT2D eigenvalue weighted by molar-refractivity contribution is 7.99. The first-order chi connectivity index (χ1) is 8.76. The third kappa shape index (κ3) is 2.59. The molecule has 1 atom stereocenters. The van der Waals surface area contributed by atoms with Crippen LogP contribution in [0.3, 0.4) is 0 Å². The number of ether oxygens (including phenoxy) is 1. The quantitative estimate of drug-likeness (QED) is 0.849. The summed E-state index contributed by atoms with van der Waals surface area (Å²) in [5, 5.41) is 4.00. The molecule has 0 bridgehead atoms. The van der Waals surface area contributed by atoms with Gasteiger partial charge in [-0.15, -0.1) is 0 Å². The maximum absolute atomic E-state index is 6.18. The lowest BCUT2D eigenvalue weighted by Crippen LogP contribution is -2.58. The van der Waals surface area contributed by atoms with E-state index in [1.165, 1.54) is 62.9 Å². The Kier molecular flexibility index (Phi) is 3.93. The maximum atomic E-state index is 6.18. The Morgan fingerprint density at radius 1 is 1.22 bits per heavy atom. The summed E-state index contributed by atoms with van der Waals surface area (Å²) < 4.78 is 6.18. The number of rotatable bonds is 3. The van der Waals surface area contributed by atoms with E-state index in [2.05, 4.69) is 24.0 Å². The Bertz CT molecular complexity index is 273. The molecule has 1 saturated carbocycles. The molecule has 0 radical (unpaired) electrons. The largest absolute Gasteiger partial charge is 0.375 e. The predicted octanol–water partition coefficient (Wildman–Crippen LogP) is 3.35. The highest BCUT2D eigenvalue weighted by Crippen LogP contribution is 2.40. The van der Waals surface area contributed by atoms with Crippen LogP contribution in [0.15, 0.2) is 0 Å². The van der Waals surface area contributed by atoms with Crippen LogP contribution in [0, 0.1) is 0 Å². The Balaban J connectivity index is 1.59. The molecule has 2 saturated heterocycles. The molecule has 2 heterocycles. The fourth-order valence-electron chi connectivity index (χ4n) is 3.88. The average molecular weight is 269 g/mol. The van der Waals surface area contributed by atoms with Gasteiger partial charge in [0.1, 0.15) is 0 Å². The lowest BCUT2D eigenvalue weighted by Gasteiger charge is -2.49. The van der Waals surface area contributed by atoms with Gasteiger partial charge < -0.3 is 10.1 Å². The van der Waals surface area contributed by atoms with E-state index in [1.54, 1.807) is 0 Å². The van der Waals surface area contributed by atoms with Gasteiger partial charge in [-0.05, 0) is 62.9 Å². The van der Waals surface area contributed by atoms with Crippen molar-refractivity contribution in [1.82, 2.24) is 5.32 Å². The SMILES string of the molecule is CCC1(NC2CCOC3(CCSCC3)C2)CCC1. The van der Waals surface area contributed by atoms with Gasteiger partial charge in [0.15, 0.2) is 0 Å². The third-order valence-electron chi connectivity index (χ3n) is 5.39. The second-order valence-corrected chi connectivity index (χ2v) is 7.69. The summed E-state index contributed by atoms with van der Waals surface area (Å²) in [6, 6.07) is 0.710. The summed E-state index contributed by atoms with van der Waals surface area (Å²) in [6.07, 6.45) is 10.5. The molecule has 2 aliphatic heterocycles. The Hall–Kier alpha value is 0.270. The van der Waals surface area contributed by atoms with Crippen molar-refractivity contribution in [1.29, 1.82) is 0 Å². The molecule has 104 valence electrons. The Labute approximate surface area is 116 Å². The monoisotopic (exact) mass is 269 g/mol. The van der Waals surface area contributed by atoms with E-state index in [0.29, 0.717) is 11.6 Å². The van der Waals surface area contributed by atoms with Crippen LogP contribution in [0.5, 0.6) is 0 Å². The second kappa shape index (κ2) is 5.34. The van der Waals surface area contributed by atoms with Gasteiger partial charge >= 0.3 is 0 Å². The highest BCUT2D eigenvalue weighted by atomic mass is 32.2. The van der Waals surface area contributed by atoms with Crippen LogP contribution in [-0.4, -0.2) is 35.3 Å². The first kappa shape index (κ1) is 13.3. The van der Waals surface area contributed by atoms with Gasteiger partial charge in [-0.25, -0.2) is 0 Å². The molecular weight excluding hydrogens is 242 g/mol. The van der Waals surface area contributed by atoms with E-state index in [4.69, 9.17) is 4.74 Å². The lowest BCUT2D eigenvalue weighted by atomic mass is 9.73. The van der Waals surface area contributed by atoms with Crippen LogP contribution in [-0.2, 0) is 4.74 Å². The molecule has 1 N–H and O–H groups in total. The molecule has 3 fully saturated rings. The van der Waals surface area contributed by atoms with Crippen LogP contribution in [0.4, 0.5) is 0 Å². The van der Waals surface area contributed by atoms with Crippen molar-refractivity contribution in [3.8, 4) is 0 Å². The van der Waals surface area contributed by atoms with Gasteiger partial charge in [0.25, 0.3) is 0 Å². The normalized spacial score (nSPS) is 34.2. The third-order valence-corrected chi connectivity index (χ3v) is 6.38. The standard InChI is InChI=1S/C15H27NOS/c1-2-14(5-3-6-14)16-13-4-9-17-15(12-13)7-10-18-11-8-15/h13,16H,2-12H2,1H3. The first-order valence-electron chi connectivity index (χ1n) is 7.75. The fraction of sp³-hybridized carbons (Fsp3) is 1.00. The van der Waals surface area contributed by atoms with Crippen molar-refractivity contribution in [3.63, 3.8) is 0 Å². The Morgan fingerprint density at radius 3 is 2.61 bits per heavy atom. The number of thioether (sulfide) groups is 1. The number of hydrogen-bond donors (Lipinski definition) is 1. The highest BCUT2D eigenvalue weighted by Gasteiger charge is 2.42. The zero-order chi connectivity index (χ0) is 12.5. The molecular formula is C15H27NOS. The summed E-state index contributed by atoms with van der Waals surface area (Å²) in [5.74, 6) is 2.59. The van der Waals surface area contributed by atoms with Crippen LogP contribution >= 0.6 is 11.8 Å². The average Bonchev–Trinajstić information content (AvgIpc) is 2.35. The summed E-state index contributed by atoms with van der Waals surface area (Å²) >= 11 is 2.10. The lowest BCUT2D eigenvalue weighted by molar-refractivity contribution is -0.0983. The molecule has 0 aromatic carbocycles. The van der Waals surface area contributed by atoms with Gasteiger partial charge in [-0.3, -0.25) is 0 Å². The predicted molar refractivity (Wildman–Crippen MR) is 78.3 cm³/mol. The van der Waals surface area contributed by atoms with Crippen LogP contribution < -0.4 is 5.32 Å². The molecule has 18 heavy (non-hydrogen) atoms. The molecule has 2 nitrogen and oxygen atoms in total. The fourth-order valence-corrected chi connectivity index (χ4v) is 5.12. The molecule has 3 rings (SSSR count). The van der Waals surface area contributed by atoms with Crippen LogP contribution in [0.1, 0.15) is 58.3 Å². The van der Waals surface area contributed by atoms with Crippen molar-refractivity contribution in [3.05, 3.63) is 0 Å². The smallest absolute Gasteiger partial charge is 0.0713 e. The van der Waals surface area contributed by atoms with E-state index in [-0.39, 0.29) is 5.60 Å². The van der Waals surface area contributed by atoms with Crippen molar-refractivity contribution in [2.24, 2.45) is 0 Å². The van der Waals surface area contributed by atoms with Crippen molar-refractivity contribution >= 4 is 11.8 Å². The minimum absolute atomic E-state index is 0.236. The zero-order valence-corrected chi connectivity index (χ0v) is 12.5. The summed E-state index contributed by atoms with van der Waals surface area (Å²) in [4.78, 5) is 0. The van der Waals surface area contributed by atoms with E-state index in [0.717, 1.165) is 6.61 Å². The first-order valence-corrected chi connectivity index (χ1v) is 8.91. The minimum atomic E-state index is 0.236. The van der Waals surface area contributed by atoms with Gasteiger partial charge in [0, 0.05) is 18.2 Å². The Morgan fingerprint density at radius 2 is 2.00 bits per heavy atom. The van der Waals surface area contributed by atoms with E-state index >= 15 is 0 Å². The van der Waals surface area contributed by atoms with Gasteiger partial charge in [0.05, 0.1) is 5.60 Å². The van der Waals surface area contributed by atoms with E-state index < -0.39 is 0 Å². The summed E-state index contributed by atoms with van der Waals surface area (Å²) in [5.41, 5.74) is 0.729. The molecule has 0 aromatic heterocycles. The summed E-state index contributed by atoms with van der Waals surface area (Å²) in [7, 11) is 0. The van der Waals surface area contributed by atoms with Crippen molar-refractivity contribution in [2.75, 3.05) is 18.1 Å². The van der Waals surface area contributed by atoms with Gasteiger partial charge in [-0.1, -0.05) is 6.92 Å². The van der Waals surface area contributed by atoms with Gasteiger partial charge in [0.2, 0.25) is 0 Å². The zero-order valence-electron chi connectivity index (χ0n) is 11.7. The van der Waals surface area contributed by atoms with Crippen LogP contribution in [0.2, 0.25) is 0 Å².